The Morgan fingerprint density at radius 1 is 0.966 bits per heavy atom. The monoisotopic (exact) mass is 406 g/mol. The highest BCUT2D eigenvalue weighted by Crippen LogP contribution is 2.43. The van der Waals surface area contributed by atoms with Gasteiger partial charge in [-0.05, 0) is 69.1 Å². The van der Waals surface area contributed by atoms with Crippen molar-refractivity contribution in [3.63, 3.8) is 0 Å². The number of carbonyl (C=O) groups is 1. The maximum atomic E-state index is 11.6. The van der Waals surface area contributed by atoms with Crippen LogP contribution in [0.5, 0.6) is 0 Å². The summed E-state index contributed by atoms with van der Waals surface area (Å²) in [5.41, 5.74) is 0.432. The lowest BCUT2D eigenvalue weighted by molar-refractivity contribution is -0.141. The molecule has 1 atom stereocenters. The van der Waals surface area contributed by atoms with Gasteiger partial charge in [-0.25, -0.2) is 4.79 Å². The van der Waals surface area contributed by atoms with Gasteiger partial charge in [0, 0.05) is 18.1 Å². The molecule has 2 rings (SSSR count). The maximum absolute atomic E-state index is 11.6. The molecular formula is C26H46O3. The molecule has 2 aliphatic rings. The molecule has 3 heteroatoms. The zero-order valence-electron chi connectivity index (χ0n) is 19.2. The van der Waals surface area contributed by atoms with E-state index in [1.165, 1.54) is 89.9 Å². The molecule has 168 valence electrons. The summed E-state index contributed by atoms with van der Waals surface area (Å²) < 4.78 is 5.32. The minimum atomic E-state index is -0.334. The third-order valence-electron chi connectivity index (χ3n) is 7.77. The molecule has 2 fully saturated rings. The standard InChI is InChI=1S/C26H46O3/c1-4-5-6-7-8-9-21-10-12-22(13-11-21)23-14-16-24(17-15-23)25(18-27)19-29-26(28)20(2)3/h21-25,27H,2,4-19H2,1,3H3. The van der Waals surface area contributed by atoms with Crippen molar-refractivity contribution >= 4 is 5.97 Å². The topological polar surface area (TPSA) is 46.5 Å². The van der Waals surface area contributed by atoms with E-state index in [2.05, 4.69) is 13.5 Å². The van der Waals surface area contributed by atoms with Crippen molar-refractivity contribution in [2.75, 3.05) is 13.2 Å². The highest BCUT2D eigenvalue weighted by atomic mass is 16.5. The summed E-state index contributed by atoms with van der Waals surface area (Å²) in [4.78, 5) is 11.6. The van der Waals surface area contributed by atoms with Gasteiger partial charge < -0.3 is 9.84 Å². The molecule has 2 saturated carbocycles. The molecule has 0 heterocycles. The molecule has 0 aromatic rings. The smallest absolute Gasteiger partial charge is 0.333 e. The van der Waals surface area contributed by atoms with Gasteiger partial charge in [0.25, 0.3) is 0 Å². The minimum absolute atomic E-state index is 0.0858. The van der Waals surface area contributed by atoms with Crippen molar-refractivity contribution < 1.29 is 14.6 Å². The highest BCUT2D eigenvalue weighted by Gasteiger charge is 2.33. The first kappa shape index (κ1) is 24.4. The second kappa shape index (κ2) is 13.5. The molecular weight excluding hydrogens is 360 g/mol. The van der Waals surface area contributed by atoms with Crippen LogP contribution < -0.4 is 0 Å². The second-order valence-electron chi connectivity index (χ2n) is 9.98. The SMILES string of the molecule is C=C(C)C(=O)OCC(CO)C1CCC(C2CCC(CCCCCCC)CC2)CC1. The van der Waals surface area contributed by atoms with Gasteiger partial charge in [-0.3, -0.25) is 0 Å². The van der Waals surface area contributed by atoms with Crippen molar-refractivity contribution in [2.45, 2.75) is 104 Å². The van der Waals surface area contributed by atoms with Crippen LogP contribution in [0.2, 0.25) is 0 Å². The van der Waals surface area contributed by atoms with Crippen LogP contribution in [-0.4, -0.2) is 24.3 Å². The van der Waals surface area contributed by atoms with Crippen molar-refractivity contribution in [2.24, 2.45) is 29.6 Å². The Morgan fingerprint density at radius 2 is 1.55 bits per heavy atom. The zero-order valence-corrected chi connectivity index (χ0v) is 19.2. The third kappa shape index (κ3) is 8.44. The summed E-state index contributed by atoms with van der Waals surface area (Å²) in [7, 11) is 0. The van der Waals surface area contributed by atoms with Gasteiger partial charge >= 0.3 is 5.97 Å². The highest BCUT2D eigenvalue weighted by molar-refractivity contribution is 5.86. The normalized spacial score (nSPS) is 28.7. The summed E-state index contributed by atoms with van der Waals surface area (Å²) in [6.07, 6.45) is 19.2. The number of hydrogen-bond donors (Lipinski definition) is 1. The van der Waals surface area contributed by atoms with Crippen LogP contribution >= 0.6 is 0 Å². The Bertz CT molecular complexity index is 470. The second-order valence-corrected chi connectivity index (χ2v) is 9.98. The van der Waals surface area contributed by atoms with E-state index < -0.39 is 0 Å². The largest absolute Gasteiger partial charge is 0.462 e. The zero-order chi connectivity index (χ0) is 21.1. The molecule has 2 aliphatic carbocycles. The number of ether oxygens (including phenoxy) is 1. The summed E-state index contributed by atoms with van der Waals surface area (Å²) in [6.45, 7) is 8.04. The van der Waals surface area contributed by atoms with Crippen LogP contribution in [0.3, 0.4) is 0 Å². The lowest BCUT2D eigenvalue weighted by Gasteiger charge is -2.39. The van der Waals surface area contributed by atoms with Gasteiger partial charge in [-0.1, -0.05) is 64.9 Å². The van der Waals surface area contributed by atoms with Crippen molar-refractivity contribution in [1.82, 2.24) is 0 Å². The summed E-state index contributed by atoms with van der Waals surface area (Å²) >= 11 is 0. The molecule has 0 aliphatic heterocycles. The molecule has 0 spiro atoms. The lowest BCUT2D eigenvalue weighted by atomic mass is 9.67. The van der Waals surface area contributed by atoms with Crippen LogP contribution in [0.1, 0.15) is 104 Å². The molecule has 0 aromatic heterocycles. The predicted octanol–water partition coefficient (Wildman–Crippen LogP) is 6.69. The fraction of sp³-hybridized carbons (Fsp3) is 0.885. The average Bonchev–Trinajstić information content (AvgIpc) is 2.74. The lowest BCUT2D eigenvalue weighted by Crippen LogP contribution is -2.31. The number of hydrogen-bond acceptors (Lipinski definition) is 3. The van der Waals surface area contributed by atoms with Crippen LogP contribution in [0.15, 0.2) is 12.2 Å². The number of esters is 1. The summed E-state index contributed by atoms with van der Waals surface area (Å²) in [5, 5.41) is 9.78. The third-order valence-corrected chi connectivity index (χ3v) is 7.77. The van der Waals surface area contributed by atoms with E-state index in [4.69, 9.17) is 4.74 Å². The number of unbranched alkanes of at least 4 members (excludes halogenated alkanes) is 4. The van der Waals surface area contributed by atoms with Crippen LogP contribution in [0, 0.1) is 29.6 Å². The molecule has 29 heavy (non-hydrogen) atoms. The number of carbonyl (C=O) groups excluding carboxylic acids is 1. The number of aliphatic hydroxyl groups is 1. The Hall–Kier alpha value is -0.830. The minimum Gasteiger partial charge on any atom is -0.462 e. The molecule has 1 unspecified atom stereocenters. The van der Waals surface area contributed by atoms with E-state index in [9.17, 15) is 9.90 Å². The Morgan fingerprint density at radius 3 is 2.10 bits per heavy atom. The first-order chi connectivity index (χ1) is 14.0. The summed E-state index contributed by atoms with van der Waals surface area (Å²) in [5.74, 6) is 3.05. The maximum Gasteiger partial charge on any atom is 0.333 e. The van der Waals surface area contributed by atoms with Gasteiger partial charge in [0.1, 0.15) is 0 Å². The fourth-order valence-corrected chi connectivity index (χ4v) is 5.72. The van der Waals surface area contributed by atoms with Crippen LogP contribution in [0.4, 0.5) is 0 Å². The van der Waals surface area contributed by atoms with Crippen molar-refractivity contribution in [3.8, 4) is 0 Å². The quantitative estimate of drug-likeness (QED) is 0.223. The fourth-order valence-electron chi connectivity index (χ4n) is 5.72. The molecule has 0 saturated heterocycles. The van der Waals surface area contributed by atoms with E-state index in [1.54, 1.807) is 6.92 Å². The van der Waals surface area contributed by atoms with Crippen molar-refractivity contribution in [3.05, 3.63) is 12.2 Å². The van der Waals surface area contributed by atoms with Gasteiger partial charge in [-0.15, -0.1) is 0 Å². The van der Waals surface area contributed by atoms with Gasteiger partial charge in [0.15, 0.2) is 0 Å². The molecule has 1 N–H and O–H groups in total. The molecule has 0 bridgehead atoms. The first-order valence-corrected chi connectivity index (χ1v) is 12.5. The first-order valence-electron chi connectivity index (χ1n) is 12.5. The van der Waals surface area contributed by atoms with E-state index in [1.807, 2.05) is 0 Å². The van der Waals surface area contributed by atoms with E-state index in [-0.39, 0.29) is 18.5 Å². The number of rotatable bonds is 12. The predicted molar refractivity (Wildman–Crippen MR) is 121 cm³/mol. The van der Waals surface area contributed by atoms with Crippen LogP contribution in [-0.2, 0) is 9.53 Å². The van der Waals surface area contributed by atoms with E-state index in [0.29, 0.717) is 18.1 Å². The average molecular weight is 407 g/mol. The van der Waals surface area contributed by atoms with Gasteiger partial charge in [-0.2, -0.15) is 0 Å². The van der Waals surface area contributed by atoms with E-state index >= 15 is 0 Å². The van der Waals surface area contributed by atoms with Gasteiger partial charge in [0.05, 0.1) is 6.61 Å². The summed E-state index contributed by atoms with van der Waals surface area (Å²) in [6, 6.07) is 0. The molecule has 0 amide bonds. The Balaban J connectivity index is 1.64. The van der Waals surface area contributed by atoms with E-state index in [0.717, 1.165) is 17.8 Å². The van der Waals surface area contributed by atoms with Gasteiger partial charge in [0.2, 0.25) is 0 Å². The van der Waals surface area contributed by atoms with Crippen molar-refractivity contribution in [1.29, 1.82) is 0 Å². The Kier molecular flexibility index (Phi) is 11.4. The number of aliphatic hydroxyl groups excluding tert-OH is 1. The molecule has 3 nitrogen and oxygen atoms in total. The van der Waals surface area contributed by atoms with Crippen LogP contribution in [0.25, 0.3) is 0 Å². The molecule has 0 aromatic carbocycles. The molecule has 0 radical (unpaired) electrons. The Labute approximate surface area is 179 Å².